The Kier molecular flexibility index (Phi) is 4.76. The van der Waals surface area contributed by atoms with E-state index in [4.69, 9.17) is 5.73 Å². The number of hydrogen-bond acceptors (Lipinski definition) is 4. The Labute approximate surface area is 129 Å². The highest BCUT2D eigenvalue weighted by Gasteiger charge is 2.11. The number of nitrogens with two attached hydrogens (primary N) is 1. The average Bonchev–Trinajstić information content (AvgIpc) is 2.38. The van der Waals surface area contributed by atoms with Crippen molar-refractivity contribution in [3.05, 3.63) is 39.0 Å². The third-order valence-electron chi connectivity index (χ3n) is 2.68. The SMILES string of the molecule is CCCc1c(N)ncnc1Nc1c(Br)cccc1Br. The van der Waals surface area contributed by atoms with Crippen molar-refractivity contribution >= 4 is 49.2 Å². The van der Waals surface area contributed by atoms with Crippen LogP contribution in [0.25, 0.3) is 0 Å². The fraction of sp³-hybridized carbons (Fsp3) is 0.231. The number of benzene rings is 1. The van der Waals surface area contributed by atoms with Crippen molar-refractivity contribution in [1.82, 2.24) is 9.97 Å². The van der Waals surface area contributed by atoms with E-state index >= 15 is 0 Å². The summed E-state index contributed by atoms with van der Waals surface area (Å²) in [5, 5.41) is 3.31. The number of anilines is 3. The molecule has 4 nitrogen and oxygen atoms in total. The number of halogens is 2. The predicted molar refractivity (Wildman–Crippen MR) is 85.6 cm³/mol. The minimum absolute atomic E-state index is 0.530. The molecule has 2 aromatic rings. The molecule has 0 unspecified atom stereocenters. The van der Waals surface area contributed by atoms with E-state index in [1.54, 1.807) is 0 Å². The minimum atomic E-state index is 0.530. The van der Waals surface area contributed by atoms with Crippen LogP contribution in [0.15, 0.2) is 33.5 Å². The molecule has 100 valence electrons. The summed E-state index contributed by atoms with van der Waals surface area (Å²) in [5.74, 6) is 1.28. The molecule has 19 heavy (non-hydrogen) atoms. The van der Waals surface area contributed by atoms with Crippen molar-refractivity contribution in [2.24, 2.45) is 0 Å². The molecule has 1 aromatic heterocycles. The summed E-state index contributed by atoms with van der Waals surface area (Å²) < 4.78 is 1.92. The van der Waals surface area contributed by atoms with Crippen LogP contribution < -0.4 is 11.1 Å². The summed E-state index contributed by atoms with van der Waals surface area (Å²) in [5.41, 5.74) is 7.80. The topological polar surface area (TPSA) is 63.8 Å². The van der Waals surface area contributed by atoms with Gasteiger partial charge in [-0.25, -0.2) is 9.97 Å². The Hall–Kier alpha value is -1.14. The smallest absolute Gasteiger partial charge is 0.139 e. The Balaban J connectivity index is 2.41. The van der Waals surface area contributed by atoms with E-state index in [2.05, 4.69) is 54.1 Å². The maximum atomic E-state index is 5.92. The van der Waals surface area contributed by atoms with E-state index in [1.165, 1.54) is 6.33 Å². The van der Waals surface area contributed by atoms with Crippen molar-refractivity contribution in [2.75, 3.05) is 11.1 Å². The van der Waals surface area contributed by atoms with Gasteiger partial charge in [0.05, 0.1) is 5.69 Å². The molecule has 0 spiro atoms. The Morgan fingerprint density at radius 1 is 1.21 bits per heavy atom. The summed E-state index contributed by atoms with van der Waals surface area (Å²) >= 11 is 7.04. The van der Waals surface area contributed by atoms with Gasteiger partial charge >= 0.3 is 0 Å². The fourth-order valence-corrected chi connectivity index (χ4v) is 2.96. The van der Waals surface area contributed by atoms with Gasteiger partial charge in [0.1, 0.15) is 18.0 Å². The molecule has 3 N–H and O–H groups in total. The zero-order valence-electron chi connectivity index (χ0n) is 10.5. The van der Waals surface area contributed by atoms with Gasteiger partial charge in [-0.2, -0.15) is 0 Å². The van der Waals surface area contributed by atoms with Crippen LogP contribution in [0.5, 0.6) is 0 Å². The summed E-state index contributed by atoms with van der Waals surface area (Å²) in [4.78, 5) is 8.34. The van der Waals surface area contributed by atoms with E-state index in [0.717, 1.165) is 38.9 Å². The third-order valence-corrected chi connectivity index (χ3v) is 4.01. The first kappa shape index (κ1) is 14.3. The number of aromatic nitrogens is 2. The standard InChI is InChI=1S/C13H14Br2N4/c1-2-4-8-12(16)17-7-18-13(8)19-11-9(14)5-3-6-10(11)15/h3,5-7H,2,4H2,1H3,(H3,16,17,18,19). The molecular formula is C13H14Br2N4. The third kappa shape index (κ3) is 3.25. The van der Waals surface area contributed by atoms with Crippen LogP contribution >= 0.6 is 31.9 Å². The summed E-state index contributed by atoms with van der Waals surface area (Å²) in [7, 11) is 0. The van der Waals surface area contributed by atoms with E-state index in [-0.39, 0.29) is 0 Å². The number of rotatable bonds is 4. The van der Waals surface area contributed by atoms with Gasteiger partial charge in [-0.05, 0) is 50.4 Å². The molecule has 0 saturated carbocycles. The Morgan fingerprint density at radius 2 is 1.89 bits per heavy atom. The van der Waals surface area contributed by atoms with Gasteiger partial charge < -0.3 is 11.1 Å². The van der Waals surface area contributed by atoms with E-state index in [1.807, 2.05) is 18.2 Å². The number of nitrogen functional groups attached to an aromatic ring is 1. The molecule has 0 saturated heterocycles. The Morgan fingerprint density at radius 3 is 2.53 bits per heavy atom. The van der Waals surface area contributed by atoms with Crippen LogP contribution in [-0.4, -0.2) is 9.97 Å². The molecule has 0 radical (unpaired) electrons. The summed E-state index contributed by atoms with van der Waals surface area (Å²) in [6.45, 7) is 2.10. The average molecular weight is 386 g/mol. The molecular weight excluding hydrogens is 372 g/mol. The predicted octanol–water partition coefficient (Wildman–Crippen LogP) is 4.28. The molecule has 0 aliphatic heterocycles. The second-order valence-electron chi connectivity index (χ2n) is 4.06. The van der Waals surface area contributed by atoms with Crippen molar-refractivity contribution in [3.63, 3.8) is 0 Å². The zero-order valence-corrected chi connectivity index (χ0v) is 13.6. The van der Waals surface area contributed by atoms with Crippen LogP contribution in [0, 0.1) is 0 Å². The van der Waals surface area contributed by atoms with Crippen molar-refractivity contribution in [2.45, 2.75) is 19.8 Å². The van der Waals surface area contributed by atoms with Crippen LogP contribution in [0.2, 0.25) is 0 Å². The maximum Gasteiger partial charge on any atom is 0.139 e. The van der Waals surface area contributed by atoms with Crippen LogP contribution in [-0.2, 0) is 6.42 Å². The van der Waals surface area contributed by atoms with Gasteiger partial charge in [0.25, 0.3) is 0 Å². The largest absolute Gasteiger partial charge is 0.383 e. The lowest BCUT2D eigenvalue weighted by Crippen LogP contribution is -2.05. The highest BCUT2D eigenvalue weighted by Crippen LogP contribution is 2.34. The Bertz CT molecular complexity index is 567. The quantitative estimate of drug-likeness (QED) is 0.824. The number of hydrogen-bond donors (Lipinski definition) is 2. The first-order valence-corrected chi connectivity index (χ1v) is 7.52. The van der Waals surface area contributed by atoms with Crippen LogP contribution in [0.3, 0.4) is 0 Å². The highest BCUT2D eigenvalue weighted by atomic mass is 79.9. The van der Waals surface area contributed by atoms with E-state index in [0.29, 0.717) is 5.82 Å². The molecule has 6 heteroatoms. The molecule has 2 rings (SSSR count). The highest BCUT2D eigenvalue weighted by molar-refractivity contribution is 9.11. The summed E-state index contributed by atoms with van der Waals surface area (Å²) in [6.07, 6.45) is 3.31. The van der Waals surface area contributed by atoms with E-state index < -0.39 is 0 Å². The number of nitrogens with zero attached hydrogens (tertiary/aromatic N) is 2. The second-order valence-corrected chi connectivity index (χ2v) is 5.77. The van der Waals surface area contributed by atoms with Gasteiger partial charge in [0.15, 0.2) is 0 Å². The molecule has 0 bridgehead atoms. The monoisotopic (exact) mass is 384 g/mol. The maximum absolute atomic E-state index is 5.92. The lowest BCUT2D eigenvalue weighted by atomic mass is 10.1. The van der Waals surface area contributed by atoms with E-state index in [9.17, 15) is 0 Å². The van der Waals surface area contributed by atoms with Crippen molar-refractivity contribution in [1.29, 1.82) is 0 Å². The number of nitrogens with one attached hydrogen (secondary N) is 1. The number of para-hydroxylation sites is 1. The minimum Gasteiger partial charge on any atom is -0.383 e. The molecule has 0 amide bonds. The molecule has 1 heterocycles. The second kappa shape index (κ2) is 6.34. The van der Waals surface area contributed by atoms with Crippen LogP contribution in [0.4, 0.5) is 17.3 Å². The first-order chi connectivity index (χ1) is 9.13. The van der Waals surface area contributed by atoms with Gasteiger partial charge in [0, 0.05) is 14.5 Å². The molecule has 0 aliphatic carbocycles. The van der Waals surface area contributed by atoms with Crippen molar-refractivity contribution in [3.8, 4) is 0 Å². The summed E-state index contributed by atoms with van der Waals surface area (Å²) in [6, 6.07) is 5.90. The normalized spacial score (nSPS) is 10.5. The molecule has 0 fully saturated rings. The van der Waals surface area contributed by atoms with Gasteiger partial charge in [-0.15, -0.1) is 0 Å². The van der Waals surface area contributed by atoms with Crippen LogP contribution in [0.1, 0.15) is 18.9 Å². The van der Waals surface area contributed by atoms with Gasteiger partial charge in [-0.1, -0.05) is 19.4 Å². The lowest BCUT2D eigenvalue weighted by molar-refractivity contribution is 0.908. The molecule has 0 atom stereocenters. The zero-order chi connectivity index (χ0) is 13.8. The lowest BCUT2D eigenvalue weighted by Gasteiger charge is -2.14. The molecule has 1 aromatic carbocycles. The molecule has 0 aliphatic rings. The van der Waals surface area contributed by atoms with Gasteiger partial charge in [-0.3, -0.25) is 0 Å². The van der Waals surface area contributed by atoms with Gasteiger partial charge in [0.2, 0.25) is 0 Å². The van der Waals surface area contributed by atoms with Crippen molar-refractivity contribution < 1.29 is 0 Å². The first-order valence-electron chi connectivity index (χ1n) is 5.93. The fourth-order valence-electron chi connectivity index (χ4n) is 1.77.